The Kier molecular flexibility index (Phi) is 5.48. The molecular weight excluding hydrogens is 350 g/mol. The van der Waals surface area contributed by atoms with E-state index in [0.29, 0.717) is 30.9 Å². The van der Waals surface area contributed by atoms with E-state index in [1.807, 2.05) is 25.7 Å². The Morgan fingerprint density at radius 3 is 2.26 bits per heavy atom. The summed E-state index contributed by atoms with van der Waals surface area (Å²) in [4.78, 5) is 36.5. The molecule has 0 aliphatic carbocycles. The van der Waals surface area contributed by atoms with Crippen LogP contribution in [0.2, 0.25) is 0 Å². The molecule has 9 heteroatoms. The lowest BCUT2D eigenvalue weighted by Gasteiger charge is -2.32. The van der Waals surface area contributed by atoms with E-state index < -0.39 is 0 Å². The quantitative estimate of drug-likeness (QED) is 0.828. The van der Waals surface area contributed by atoms with Gasteiger partial charge in [0.1, 0.15) is 12.5 Å². The number of oxazole rings is 2. The van der Waals surface area contributed by atoms with Gasteiger partial charge >= 0.3 is 6.03 Å². The van der Waals surface area contributed by atoms with Crippen LogP contribution < -0.4 is 5.32 Å². The molecule has 2 aromatic rings. The molecule has 0 radical (unpaired) electrons. The van der Waals surface area contributed by atoms with Crippen molar-refractivity contribution in [2.45, 2.75) is 45.8 Å². The minimum absolute atomic E-state index is 0.0987. The number of nitrogens with zero attached hydrogens (tertiary/aromatic N) is 4. The standard InChI is InChI=1S/C18H25N5O4/c1-18(2,3)23-6-13(4-16(23)24)5-19-17(25)22(7-14-9-26-11-20-14)8-15-10-27-12-21-15/h9-13H,4-8H2,1-3H3,(H,19,25). The van der Waals surface area contributed by atoms with E-state index >= 15 is 0 Å². The van der Waals surface area contributed by atoms with E-state index in [2.05, 4.69) is 15.3 Å². The monoisotopic (exact) mass is 375 g/mol. The lowest BCUT2D eigenvalue weighted by atomic mass is 10.1. The SMILES string of the molecule is CC(C)(C)N1CC(CNC(=O)N(Cc2cocn2)Cc2cocn2)CC1=O. The van der Waals surface area contributed by atoms with Gasteiger partial charge in [-0.3, -0.25) is 4.79 Å². The Morgan fingerprint density at radius 2 is 1.81 bits per heavy atom. The van der Waals surface area contributed by atoms with Crippen LogP contribution in [0.25, 0.3) is 0 Å². The Balaban J connectivity index is 1.58. The van der Waals surface area contributed by atoms with Crippen LogP contribution in [-0.2, 0) is 17.9 Å². The summed E-state index contributed by atoms with van der Waals surface area (Å²) in [6.45, 7) is 7.70. The van der Waals surface area contributed by atoms with Crippen molar-refractivity contribution in [3.8, 4) is 0 Å². The van der Waals surface area contributed by atoms with E-state index in [9.17, 15) is 9.59 Å². The van der Waals surface area contributed by atoms with Gasteiger partial charge in [0.25, 0.3) is 0 Å². The van der Waals surface area contributed by atoms with Crippen LogP contribution >= 0.6 is 0 Å². The zero-order chi connectivity index (χ0) is 19.4. The van der Waals surface area contributed by atoms with Crippen LogP contribution in [0.1, 0.15) is 38.6 Å². The number of rotatable bonds is 6. The van der Waals surface area contributed by atoms with Crippen LogP contribution in [0.3, 0.4) is 0 Å². The zero-order valence-electron chi connectivity index (χ0n) is 15.8. The predicted octanol–water partition coefficient (Wildman–Crippen LogP) is 2.02. The first-order valence-electron chi connectivity index (χ1n) is 8.90. The Bertz CT molecular complexity index is 715. The fourth-order valence-electron chi connectivity index (χ4n) is 3.13. The van der Waals surface area contributed by atoms with Crippen molar-refractivity contribution in [2.24, 2.45) is 5.92 Å². The lowest BCUT2D eigenvalue weighted by Crippen LogP contribution is -2.44. The molecular formula is C18H25N5O4. The van der Waals surface area contributed by atoms with Crippen molar-refractivity contribution in [3.05, 3.63) is 36.7 Å². The molecule has 0 bridgehead atoms. The summed E-state index contributed by atoms with van der Waals surface area (Å²) in [6.07, 6.45) is 6.10. The Labute approximate surface area is 157 Å². The summed E-state index contributed by atoms with van der Waals surface area (Å²) in [7, 11) is 0. The number of nitrogens with one attached hydrogen (secondary N) is 1. The van der Waals surface area contributed by atoms with E-state index in [4.69, 9.17) is 8.83 Å². The first kappa shape index (κ1) is 18.9. The van der Waals surface area contributed by atoms with E-state index in [1.54, 1.807) is 4.90 Å². The topological polar surface area (TPSA) is 105 Å². The second kappa shape index (κ2) is 7.81. The van der Waals surface area contributed by atoms with Crippen molar-refractivity contribution in [1.82, 2.24) is 25.1 Å². The number of hydrogen-bond donors (Lipinski definition) is 1. The third kappa shape index (κ3) is 4.87. The van der Waals surface area contributed by atoms with Gasteiger partial charge < -0.3 is 24.0 Å². The van der Waals surface area contributed by atoms with Crippen LogP contribution in [-0.4, -0.2) is 50.3 Å². The normalized spacial score (nSPS) is 17.4. The van der Waals surface area contributed by atoms with Gasteiger partial charge in [0.2, 0.25) is 5.91 Å². The molecule has 0 spiro atoms. The summed E-state index contributed by atoms with van der Waals surface area (Å²) in [6, 6.07) is -0.248. The highest BCUT2D eigenvalue weighted by atomic mass is 16.3. The number of amides is 3. The molecule has 1 N–H and O–H groups in total. The lowest BCUT2D eigenvalue weighted by molar-refractivity contribution is -0.131. The van der Waals surface area contributed by atoms with Gasteiger partial charge in [0, 0.05) is 31.0 Å². The van der Waals surface area contributed by atoms with Gasteiger partial charge in [-0.15, -0.1) is 0 Å². The molecule has 1 fully saturated rings. The fourth-order valence-corrected chi connectivity index (χ4v) is 3.13. The minimum atomic E-state index is -0.248. The van der Waals surface area contributed by atoms with Gasteiger partial charge in [-0.25, -0.2) is 14.8 Å². The van der Waals surface area contributed by atoms with Crippen molar-refractivity contribution < 1.29 is 18.4 Å². The Morgan fingerprint density at radius 1 is 1.22 bits per heavy atom. The van der Waals surface area contributed by atoms with Crippen molar-refractivity contribution >= 4 is 11.9 Å². The number of urea groups is 1. The minimum Gasteiger partial charge on any atom is -0.451 e. The average molecular weight is 375 g/mol. The molecule has 1 aliphatic rings. The molecule has 3 amide bonds. The maximum absolute atomic E-state index is 12.7. The van der Waals surface area contributed by atoms with E-state index in [0.717, 1.165) is 0 Å². The highest BCUT2D eigenvalue weighted by Gasteiger charge is 2.36. The molecule has 0 saturated carbocycles. The molecule has 3 heterocycles. The fraction of sp³-hybridized carbons (Fsp3) is 0.556. The molecule has 27 heavy (non-hydrogen) atoms. The van der Waals surface area contributed by atoms with Gasteiger partial charge in [-0.05, 0) is 20.8 Å². The number of carbonyl (C=O) groups is 2. The van der Waals surface area contributed by atoms with Gasteiger partial charge in [-0.1, -0.05) is 0 Å². The first-order valence-corrected chi connectivity index (χ1v) is 8.90. The highest BCUT2D eigenvalue weighted by molar-refractivity contribution is 5.79. The molecule has 1 atom stereocenters. The average Bonchev–Trinajstić information content (AvgIpc) is 3.33. The van der Waals surface area contributed by atoms with E-state index in [1.165, 1.54) is 25.3 Å². The summed E-state index contributed by atoms with van der Waals surface area (Å²) in [5.74, 6) is 0.227. The second-order valence-electron chi connectivity index (χ2n) is 7.75. The summed E-state index contributed by atoms with van der Waals surface area (Å²) in [5.41, 5.74) is 1.08. The smallest absolute Gasteiger partial charge is 0.318 e. The molecule has 2 aromatic heterocycles. The van der Waals surface area contributed by atoms with Gasteiger partial charge in [0.05, 0.1) is 24.5 Å². The van der Waals surface area contributed by atoms with Crippen molar-refractivity contribution in [1.29, 1.82) is 0 Å². The second-order valence-corrected chi connectivity index (χ2v) is 7.75. The number of carbonyl (C=O) groups excluding carboxylic acids is 2. The molecule has 3 rings (SSSR count). The first-order chi connectivity index (χ1) is 12.8. The van der Waals surface area contributed by atoms with Crippen LogP contribution in [0, 0.1) is 5.92 Å². The maximum atomic E-state index is 12.7. The highest BCUT2D eigenvalue weighted by Crippen LogP contribution is 2.25. The molecule has 0 aromatic carbocycles. The molecule has 9 nitrogen and oxygen atoms in total. The Hall–Kier alpha value is -2.84. The zero-order valence-corrected chi connectivity index (χ0v) is 15.8. The number of hydrogen-bond acceptors (Lipinski definition) is 6. The molecule has 1 saturated heterocycles. The molecule has 1 aliphatic heterocycles. The largest absolute Gasteiger partial charge is 0.451 e. The third-order valence-corrected chi connectivity index (χ3v) is 4.52. The third-order valence-electron chi connectivity index (χ3n) is 4.52. The van der Waals surface area contributed by atoms with Crippen LogP contribution in [0.4, 0.5) is 4.79 Å². The summed E-state index contributed by atoms with van der Waals surface area (Å²) in [5, 5.41) is 2.93. The maximum Gasteiger partial charge on any atom is 0.318 e. The number of aromatic nitrogens is 2. The molecule has 1 unspecified atom stereocenters. The summed E-state index contributed by atoms with van der Waals surface area (Å²) < 4.78 is 9.96. The van der Waals surface area contributed by atoms with Gasteiger partial charge in [0.15, 0.2) is 12.8 Å². The van der Waals surface area contributed by atoms with Crippen molar-refractivity contribution in [2.75, 3.05) is 13.1 Å². The van der Waals surface area contributed by atoms with Gasteiger partial charge in [-0.2, -0.15) is 0 Å². The van der Waals surface area contributed by atoms with E-state index in [-0.39, 0.29) is 36.5 Å². The van der Waals surface area contributed by atoms with Crippen LogP contribution in [0.5, 0.6) is 0 Å². The summed E-state index contributed by atoms with van der Waals surface area (Å²) >= 11 is 0. The number of likely N-dealkylation sites (tertiary alicyclic amines) is 1. The van der Waals surface area contributed by atoms with Crippen LogP contribution in [0.15, 0.2) is 34.1 Å². The van der Waals surface area contributed by atoms with Crippen molar-refractivity contribution in [3.63, 3.8) is 0 Å². The molecule has 146 valence electrons. The predicted molar refractivity (Wildman–Crippen MR) is 95.2 cm³/mol.